The van der Waals surface area contributed by atoms with Gasteiger partial charge in [-0.15, -0.1) is 0 Å². The van der Waals surface area contributed by atoms with E-state index in [1.807, 2.05) is 6.20 Å². The fourth-order valence-corrected chi connectivity index (χ4v) is 2.40. The van der Waals surface area contributed by atoms with Gasteiger partial charge in [0.25, 0.3) is 0 Å². The molecule has 1 aliphatic heterocycles. The van der Waals surface area contributed by atoms with E-state index in [2.05, 4.69) is 55.0 Å². The van der Waals surface area contributed by atoms with Crippen LogP contribution in [-0.4, -0.2) is 24.1 Å². The number of nitrogens with zero attached hydrogens (tertiary/aromatic N) is 2. The molecule has 0 atom stereocenters. The molecule has 0 spiro atoms. The lowest BCUT2D eigenvalue weighted by molar-refractivity contribution is 0.418. The summed E-state index contributed by atoms with van der Waals surface area (Å²) in [6.45, 7) is 12.2. The minimum atomic E-state index is 0.444. The molecule has 1 fully saturated rings. The predicted octanol–water partition coefficient (Wildman–Crippen LogP) is 2.82. The summed E-state index contributed by atoms with van der Waals surface area (Å²) in [5.41, 5.74) is 2.89. The molecule has 0 amide bonds. The molecule has 3 heteroatoms. The molecule has 2 heterocycles. The van der Waals surface area contributed by atoms with Crippen LogP contribution in [0.1, 0.15) is 39.8 Å². The fraction of sp³-hybridized carbons (Fsp3) is 0.667. The Kier molecular flexibility index (Phi) is 3.91. The minimum absolute atomic E-state index is 0.444. The van der Waals surface area contributed by atoms with E-state index in [-0.39, 0.29) is 0 Å². The van der Waals surface area contributed by atoms with Crippen molar-refractivity contribution in [2.45, 2.75) is 46.7 Å². The van der Waals surface area contributed by atoms with Crippen LogP contribution in [0.25, 0.3) is 0 Å². The highest BCUT2D eigenvalue weighted by Gasteiger charge is 2.29. The Hall–Kier alpha value is -1.09. The minimum Gasteiger partial charge on any atom is -0.371 e. The van der Waals surface area contributed by atoms with Gasteiger partial charge >= 0.3 is 0 Å². The maximum Gasteiger partial charge on any atom is 0.0562 e. The Balaban J connectivity index is 2.03. The Morgan fingerprint density at radius 1 is 1.44 bits per heavy atom. The maximum absolute atomic E-state index is 4.43. The van der Waals surface area contributed by atoms with Crippen LogP contribution in [0.5, 0.6) is 0 Å². The topological polar surface area (TPSA) is 28.2 Å². The van der Waals surface area contributed by atoms with Gasteiger partial charge in [-0.2, -0.15) is 0 Å². The van der Waals surface area contributed by atoms with E-state index in [4.69, 9.17) is 0 Å². The lowest BCUT2D eigenvalue weighted by atomic mass is 9.93. The van der Waals surface area contributed by atoms with E-state index in [1.165, 1.54) is 12.1 Å². The SMILES string of the molecule is CC(C)NCc1cc(N2CCC(C)(C)C2)ccn1. The molecule has 0 bridgehead atoms. The molecular formula is C15H25N3. The summed E-state index contributed by atoms with van der Waals surface area (Å²) in [4.78, 5) is 6.90. The molecule has 3 nitrogen and oxygen atoms in total. The largest absolute Gasteiger partial charge is 0.371 e. The van der Waals surface area contributed by atoms with Gasteiger partial charge in [0.1, 0.15) is 0 Å². The predicted molar refractivity (Wildman–Crippen MR) is 76.8 cm³/mol. The average Bonchev–Trinajstić information content (AvgIpc) is 2.67. The molecule has 0 aliphatic carbocycles. The van der Waals surface area contributed by atoms with Crippen molar-refractivity contribution in [2.75, 3.05) is 18.0 Å². The standard InChI is InChI=1S/C15H25N3/c1-12(2)17-10-13-9-14(5-7-16-13)18-8-6-15(3,4)11-18/h5,7,9,12,17H,6,8,10-11H2,1-4H3. The first-order valence-corrected chi connectivity index (χ1v) is 6.89. The number of hydrogen-bond acceptors (Lipinski definition) is 3. The van der Waals surface area contributed by atoms with Crippen LogP contribution in [0.2, 0.25) is 0 Å². The summed E-state index contributed by atoms with van der Waals surface area (Å²) in [5, 5.41) is 3.41. The number of hydrogen-bond donors (Lipinski definition) is 1. The summed E-state index contributed by atoms with van der Waals surface area (Å²) < 4.78 is 0. The Bertz CT molecular complexity index is 398. The molecule has 1 aromatic heterocycles. The van der Waals surface area contributed by atoms with E-state index in [0.717, 1.165) is 25.3 Å². The summed E-state index contributed by atoms with van der Waals surface area (Å²) in [6.07, 6.45) is 3.20. The molecule has 1 saturated heterocycles. The molecule has 0 saturated carbocycles. The third kappa shape index (κ3) is 3.45. The maximum atomic E-state index is 4.43. The summed E-state index contributed by atoms with van der Waals surface area (Å²) in [5.74, 6) is 0. The Labute approximate surface area is 111 Å². The van der Waals surface area contributed by atoms with E-state index in [9.17, 15) is 0 Å². The van der Waals surface area contributed by atoms with Crippen molar-refractivity contribution >= 4 is 5.69 Å². The fourth-order valence-electron chi connectivity index (χ4n) is 2.40. The Morgan fingerprint density at radius 2 is 2.22 bits per heavy atom. The molecule has 2 rings (SSSR count). The van der Waals surface area contributed by atoms with E-state index in [0.29, 0.717) is 11.5 Å². The number of pyridine rings is 1. The smallest absolute Gasteiger partial charge is 0.0562 e. The number of rotatable bonds is 4. The molecule has 0 aromatic carbocycles. The normalized spacial score (nSPS) is 18.6. The van der Waals surface area contributed by atoms with Crippen LogP contribution in [0.15, 0.2) is 18.3 Å². The van der Waals surface area contributed by atoms with Crippen LogP contribution in [0.4, 0.5) is 5.69 Å². The van der Waals surface area contributed by atoms with Crippen molar-refractivity contribution < 1.29 is 0 Å². The lowest BCUT2D eigenvalue weighted by Gasteiger charge is -2.22. The molecule has 18 heavy (non-hydrogen) atoms. The van der Waals surface area contributed by atoms with Crippen molar-refractivity contribution in [1.82, 2.24) is 10.3 Å². The van der Waals surface area contributed by atoms with Crippen molar-refractivity contribution in [1.29, 1.82) is 0 Å². The quantitative estimate of drug-likeness (QED) is 0.887. The second kappa shape index (κ2) is 5.27. The number of aromatic nitrogens is 1. The van der Waals surface area contributed by atoms with Crippen LogP contribution < -0.4 is 10.2 Å². The third-order valence-electron chi connectivity index (χ3n) is 3.53. The second-order valence-electron chi connectivity index (χ2n) is 6.38. The third-order valence-corrected chi connectivity index (χ3v) is 3.53. The first kappa shape index (κ1) is 13.3. The molecule has 100 valence electrons. The van der Waals surface area contributed by atoms with Gasteiger partial charge in [-0.25, -0.2) is 0 Å². The number of nitrogens with one attached hydrogen (secondary N) is 1. The van der Waals surface area contributed by atoms with Crippen LogP contribution in [0, 0.1) is 5.41 Å². The molecule has 0 radical (unpaired) electrons. The van der Waals surface area contributed by atoms with Crippen LogP contribution in [0.3, 0.4) is 0 Å². The molecule has 0 unspecified atom stereocenters. The van der Waals surface area contributed by atoms with Crippen LogP contribution in [-0.2, 0) is 6.54 Å². The zero-order chi connectivity index (χ0) is 13.2. The molecule has 1 aliphatic rings. The highest BCUT2D eigenvalue weighted by molar-refractivity contribution is 5.47. The summed E-state index contributed by atoms with van der Waals surface area (Å²) in [6, 6.07) is 4.85. The van der Waals surface area contributed by atoms with Gasteiger partial charge in [-0.1, -0.05) is 27.7 Å². The number of anilines is 1. The molecular weight excluding hydrogens is 222 g/mol. The van der Waals surface area contributed by atoms with Gasteiger partial charge in [-0.3, -0.25) is 4.98 Å². The Morgan fingerprint density at radius 3 is 2.83 bits per heavy atom. The van der Waals surface area contributed by atoms with Gasteiger partial charge in [0, 0.05) is 37.6 Å². The van der Waals surface area contributed by atoms with Gasteiger partial charge in [-0.05, 0) is 24.0 Å². The zero-order valence-electron chi connectivity index (χ0n) is 12.0. The van der Waals surface area contributed by atoms with Crippen molar-refractivity contribution in [2.24, 2.45) is 5.41 Å². The second-order valence-corrected chi connectivity index (χ2v) is 6.38. The van der Waals surface area contributed by atoms with Crippen molar-refractivity contribution in [3.05, 3.63) is 24.0 Å². The first-order valence-electron chi connectivity index (χ1n) is 6.89. The van der Waals surface area contributed by atoms with Gasteiger partial charge in [0.05, 0.1) is 5.69 Å². The molecule has 1 aromatic rings. The van der Waals surface area contributed by atoms with Gasteiger partial charge in [0.15, 0.2) is 0 Å². The van der Waals surface area contributed by atoms with E-state index in [1.54, 1.807) is 0 Å². The van der Waals surface area contributed by atoms with Crippen LogP contribution >= 0.6 is 0 Å². The summed E-state index contributed by atoms with van der Waals surface area (Å²) >= 11 is 0. The highest BCUT2D eigenvalue weighted by atomic mass is 15.2. The van der Waals surface area contributed by atoms with Crippen molar-refractivity contribution in [3.63, 3.8) is 0 Å². The van der Waals surface area contributed by atoms with E-state index < -0.39 is 0 Å². The van der Waals surface area contributed by atoms with Gasteiger partial charge < -0.3 is 10.2 Å². The monoisotopic (exact) mass is 247 g/mol. The molecule has 1 N–H and O–H groups in total. The zero-order valence-corrected chi connectivity index (χ0v) is 12.0. The lowest BCUT2D eigenvalue weighted by Crippen LogP contribution is -2.24. The summed E-state index contributed by atoms with van der Waals surface area (Å²) in [7, 11) is 0. The average molecular weight is 247 g/mol. The first-order chi connectivity index (χ1) is 8.46. The van der Waals surface area contributed by atoms with E-state index >= 15 is 0 Å². The van der Waals surface area contributed by atoms with Crippen molar-refractivity contribution in [3.8, 4) is 0 Å². The van der Waals surface area contributed by atoms with Gasteiger partial charge in [0.2, 0.25) is 0 Å². The highest BCUT2D eigenvalue weighted by Crippen LogP contribution is 2.32.